The number of methoxy groups -OCH3 is 1. The number of carbonyl (C=O) groups excluding carboxylic acids is 4. The topological polar surface area (TPSA) is 154 Å². The molecule has 3 saturated carbocycles. The lowest BCUT2D eigenvalue weighted by atomic mass is 9.77. The highest BCUT2D eigenvalue weighted by molar-refractivity contribution is 6.01. The Bertz CT molecular complexity index is 1400. The van der Waals surface area contributed by atoms with Crippen molar-refractivity contribution >= 4 is 29.6 Å². The van der Waals surface area contributed by atoms with Crippen LogP contribution in [0.2, 0.25) is 0 Å². The zero-order valence-corrected chi connectivity index (χ0v) is 23.9. The summed E-state index contributed by atoms with van der Waals surface area (Å²) in [5.41, 5.74) is -1.50. The van der Waals surface area contributed by atoms with Crippen molar-refractivity contribution in [2.75, 3.05) is 25.5 Å². The molecule has 4 amide bonds. The molecule has 0 radical (unpaired) electrons. The molecule has 0 aromatic carbocycles. The number of likely N-dealkylation sites (tertiary alicyclic amines) is 2. The minimum atomic E-state index is -1.50. The number of ether oxygens (including phenoxy) is 2. The van der Waals surface area contributed by atoms with Crippen LogP contribution in [0.1, 0.15) is 44.9 Å². The summed E-state index contributed by atoms with van der Waals surface area (Å²) in [5, 5.41) is 15.6. The van der Waals surface area contributed by atoms with Crippen molar-refractivity contribution in [3.8, 4) is 11.8 Å². The van der Waals surface area contributed by atoms with Crippen LogP contribution < -0.4 is 15.4 Å². The van der Waals surface area contributed by atoms with Gasteiger partial charge >= 0.3 is 6.09 Å². The maximum Gasteiger partial charge on any atom is 0.407 e. The summed E-state index contributed by atoms with van der Waals surface area (Å²) < 4.78 is 26.2. The van der Waals surface area contributed by atoms with Gasteiger partial charge in [0.2, 0.25) is 17.4 Å². The molecule has 9 unspecified atom stereocenters. The third-order valence-corrected chi connectivity index (χ3v) is 10.9. The number of carbonyl (C=O) groups is 4. The number of pyridine rings is 1. The molecule has 1 aromatic heterocycles. The smallest absolute Gasteiger partial charge is 0.407 e. The Morgan fingerprint density at radius 2 is 2.05 bits per heavy atom. The van der Waals surface area contributed by atoms with Crippen molar-refractivity contribution in [2.24, 2.45) is 29.6 Å². The van der Waals surface area contributed by atoms with E-state index in [-0.39, 0.29) is 54.9 Å². The zero-order chi connectivity index (χ0) is 30.0. The molecule has 5 fully saturated rings. The van der Waals surface area contributed by atoms with Gasteiger partial charge in [0.15, 0.2) is 11.6 Å². The first-order valence-corrected chi connectivity index (χ1v) is 15.2. The Morgan fingerprint density at radius 3 is 2.79 bits per heavy atom. The van der Waals surface area contributed by atoms with E-state index in [0.29, 0.717) is 18.6 Å². The van der Waals surface area contributed by atoms with Gasteiger partial charge in [-0.15, -0.1) is 0 Å². The number of alkyl carbamates (subject to hydrolysis) is 1. The number of halogens is 1. The lowest BCUT2D eigenvalue weighted by Crippen LogP contribution is -2.59. The number of alkyl halides is 1. The molecule has 228 valence electrons. The Morgan fingerprint density at radius 1 is 1.26 bits per heavy atom. The molecule has 9 atom stereocenters. The summed E-state index contributed by atoms with van der Waals surface area (Å²) in [7, 11) is 1.24. The fourth-order valence-electron chi connectivity index (χ4n) is 8.96. The van der Waals surface area contributed by atoms with E-state index in [4.69, 9.17) is 9.47 Å². The maximum absolute atomic E-state index is 15.2. The fourth-order valence-corrected chi connectivity index (χ4v) is 8.96. The molecule has 7 rings (SSSR count). The second kappa shape index (κ2) is 10.3. The molecule has 43 heavy (non-hydrogen) atoms. The van der Waals surface area contributed by atoms with E-state index in [1.807, 2.05) is 0 Å². The van der Waals surface area contributed by atoms with Gasteiger partial charge in [-0.25, -0.2) is 14.2 Å². The van der Waals surface area contributed by atoms with Gasteiger partial charge in [0.25, 0.3) is 5.91 Å². The number of rotatable bonds is 4. The molecule has 6 aliphatic rings. The molecule has 1 aromatic rings. The average molecular weight is 595 g/mol. The average Bonchev–Trinajstić information content (AvgIpc) is 3.83. The highest BCUT2D eigenvalue weighted by atomic mass is 19.1. The van der Waals surface area contributed by atoms with E-state index in [2.05, 4.69) is 21.7 Å². The lowest BCUT2D eigenvalue weighted by Gasteiger charge is -2.37. The van der Waals surface area contributed by atoms with Crippen LogP contribution in [0, 0.1) is 40.9 Å². The van der Waals surface area contributed by atoms with Crippen molar-refractivity contribution in [2.45, 2.75) is 74.8 Å². The van der Waals surface area contributed by atoms with Crippen molar-refractivity contribution in [3.63, 3.8) is 0 Å². The quantitative estimate of drug-likeness (QED) is 0.537. The van der Waals surface area contributed by atoms with Crippen molar-refractivity contribution < 1.29 is 33.0 Å². The molecule has 3 aliphatic carbocycles. The predicted octanol–water partition coefficient (Wildman–Crippen LogP) is 2.01. The van der Waals surface area contributed by atoms with Crippen LogP contribution in [0.25, 0.3) is 0 Å². The summed E-state index contributed by atoms with van der Waals surface area (Å²) >= 11 is 0. The van der Waals surface area contributed by atoms with E-state index in [9.17, 15) is 24.4 Å². The monoisotopic (exact) mass is 594 g/mol. The van der Waals surface area contributed by atoms with Crippen molar-refractivity contribution in [3.05, 3.63) is 18.3 Å². The highest BCUT2D eigenvalue weighted by Gasteiger charge is 2.65. The Hall–Kier alpha value is -3.95. The molecule has 2 N–H and O–H groups in total. The summed E-state index contributed by atoms with van der Waals surface area (Å²) in [6.07, 6.45) is 4.12. The number of hydrogen-bond donors (Lipinski definition) is 2. The van der Waals surface area contributed by atoms with Crippen LogP contribution in [-0.4, -0.2) is 88.7 Å². The molecule has 2 saturated heterocycles. The van der Waals surface area contributed by atoms with Gasteiger partial charge in [-0.05, 0) is 67.4 Å². The molecular formula is C30H35FN6O6. The first kappa shape index (κ1) is 27.9. The molecule has 12 nitrogen and oxygen atoms in total. The number of nitrogens with one attached hydrogen (secondary N) is 2. The van der Waals surface area contributed by atoms with E-state index in [1.54, 1.807) is 12.1 Å². The second-order valence-electron chi connectivity index (χ2n) is 13.0. The maximum atomic E-state index is 15.2. The lowest BCUT2D eigenvalue weighted by molar-refractivity contribution is -0.148. The van der Waals surface area contributed by atoms with Crippen molar-refractivity contribution in [1.82, 2.24) is 20.1 Å². The van der Waals surface area contributed by atoms with Gasteiger partial charge < -0.3 is 29.9 Å². The number of nitrogens with zero attached hydrogens (tertiary/aromatic N) is 4. The van der Waals surface area contributed by atoms with Crippen LogP contribution in [0.5, 0.6) is 5.75 Å². The van der Waals surface area contributed by atoms with E-state index in [1.165, 1.54) is 23.1 Å². The largest absolute Gasteiger partial charge is 0.472 e. The van der Waals surface area contributed by atoms with E-state index in [0.717, 1.165) is 25.7 Å². The molecule has 1 spiro atoms. The molecule has 2 bridgehead atoms. The summed E-state index contributed by atoms with van der Waals surface area (Å²) in [6, 6.07) is 2.60. The predicted molar refractivity (Wildman–Crippen MR) is 147 cm³/mol. The number of amides is 4. The second-order valence-corrected chi connectivity index (χ2v) is 13.0. The number of hydrogen-bond acceptors (Lipinski definition) is 8. The van der Waals surface area contributed by atoms with Crippen LogP contribution in [0.3, 0.4) is 0 Å². The van der Waals surface area contributed by atoms with Crippen LogP contribution in [0.4, 0.5) is 15.0 Å². The summed E-state index contributed by atoms with van der Waals surface area (Å²) in [5.74, 6) is -1.65. The highest BCUT2D eigenvalue weighted by Crippen LogP contribution is 2.59. The minimum absolute atomic E-state index is 0.0541. The number of anilines is 1. The Labute approximate surface area is 248 Å². The third-order valence-electron chi connectivity index (χ3n) is 10.9. The molecule has 13 heteroatoms. The normalized spacial score (nSPS) is 36.5. The van der Waals surface area contributed by atoms with Gasteiger partial charge in [-0.2, -0.15) is 5.26 Å². The number of nitriles is 1. The van der Waals surface area contributed by atoms with Gasteiger partial charge in [-0.1, -0.05) is 12.8 Å². The SMILES string of the molecule is COC(=O)NC(C(=O)N1CC2C3CC(F)C(C3)C2C1C(=O)N1CC2(CC1C#N)Oc1cccnc1NC2=O)C1CCCC1. The first-order chi connectivity index (χ1) is 20.7. The van der Waals surface area contributed by atoms with Gasteiger partial charge in [0.1, 0.15) is 24.3 Å². The van der Waals surface area contributed by atoms with Gasteiger partial charge in [0, 0.05) is 19.2 Å². The molecular weight excluding hydrogens is 559 g/mol. The third kappa shape index (κ3) is 4.32. The fraction of sp³-hybridized carbons (Fsp3) is 0.667. The first-order valence-electron chi connectivity index (χ1n) is 15.2. The number of fused-ring (bicyclic) bond motifs is 6. The van der Waals surface area contributed by atoms with E-state index >= 15 is 4.39 Å². The summed E-state index contributed by atoms with van der Waals surface area (Å²) in [6.45, 7) is 0.0891. The molecule has 3 aliphatic heterocycles. The minimum Gasteiger partial charge on any atom is -0.472 e. The van der Waals surface area contributed by atoms with Crippen LogP contribution >= 0.6 is 0 Å². The number of aromatic nitrogens is 1. The summed E-state index contributed by atoms with van der Waals surface area (Å²) in [4.78, 5) is 61.6. The Kier molecular flexibility index (Phi) is 6.70. The van der Waals surface area contributed by atoms with Crippen LogP contribution in [0.15, 0.2) is 18.3 Å². The zero-order valence-electron chi connectivity index (χ0n) is 23.9. The van der Waals surface area contributed by atoms with Crippen molar-refractivity contribution in [1.29, 1.82) is 5.26 Å². The van der Waals surface area contributed by atoms with Gasteiger partial charge in [0.05, 0.1) is 19.7 Å². The van der Waals surface area contributed by atoms with E-state index < -0.39 is 53.7 Å². The standard InChI is InChI=1S/C30H35FN6O6/c1-42-29(41)34-23(15-5-2-3-6-15)26(38)36-13-19-16-9-18(20(31)10-16)22(19)24(36)27(39)37-14-30(11-17(37)12-32)28(40)35-25-21(43-30)7-4-8-33-25/h4,7-8,15-20,22-24H,2-3,5-6,9-11,13-14H2,1H3,(H,34,41)(H,33,35,40). The molecule has 4 heterocycles. The van der Waals surface area contributed by atoms with Crippen LogP contribution in [-0.2, 0) is 19.1 Å². The Balaban J connectivity index is 1.22. The van der Waals surface area contributed by atoms with Gasteiger partial charge in [-0.3, -0.25) is 14.4 Å².